The number of benzene rings is 4. The van der Waals surface area contributed by atoms with Crippen LogP contribution in [0.3, 0.4) is 0 Å². The summed E-state index contributed by atoms with van der Waals surface area (Å²) >= 11 is 26.0. The molecular formula is C82H74Cl4F4N18O6. The number of aryl methyl sites for hydroxylation is 1. The summed E-state index contributed by atoms with van der Waals surface area (Å²) in [5.41, 5.74) is 7.39. The summed E-state index contributed by atoms with van der Waals surface area (Å²) in [4.78, 5) is 80.2. The van der Waals surface area contributed by atoms with Gasteiger partial charge in [-0.2, -0.15) is 5.10 Å². The number of hydrogen-bond acceptors (Lipinski definition) is 15. The maximum absolute atomic E-state index is 15.2. The summed E-state index contributed by atoms with van der Waals surface area (Å²) in [6, 6.07) is 23.7. The van der Waals surface area contributed by atoms with Crippen molar-refractivity contribution in [1.82, 2.24) is 67.3 Å². The second-order valence-corrected chi connectivity index (χ2v) is 28.7. The third kappa shape index (κ3) is 15.7. The number of H-pyrrole nitrogens is 1. The Kier molecular flexibility index (Phi) is 23.0. The van der Waals surface area contributed by atoms with Crippen LogP contribution in [0.2, 0.25) is 20.1 Å². The van der Waals surface area contributed by atoms with E-state index < -0.39 is 23.2 Å². The van der Waals surface area contributed by atoms with Crippen LogP contribution in [0.1, 0.15) is 5.56 Å². The monoisotopic (exact) mass is 1620 g/mol. The van der Waals surface area contributed by atoms with Crippen molar-refractivity contribution in [2.75, 3.05) is 124 Å². The first kappa shape index (κ1) is 78.3. The molecule has 4 fully saturated rings. The molecule has 114 heavy (non-hydrogen) atoms. The molecule has 0 atom stereocenters. The Labute approximate surface area is 670 Å². The van der Waals surface area contributed by atoms with Crippen molar-refractivity contribution in [3.05, 3.63) is 246 Å². The minimum Gasteiger partial charge on any atom is -0.508 e. The Hall–Kier alpha value is -12.4. The van der Waals surface area contributed by atoms with Crippen molar-refractivity contribution in [3.63, 3.8) is 0 Å². The number of piperazine rings is 4. The smallest absolute Gasteiger partial charge is 0.246 e. The summed E-state index contributed by atoms with van der Waals surface area (Å²) in [6.45, 7) is 26.2. The highest BCUT2D eigenvalue weighted by Gasteiger charge is 2.30. The molecule has 0 radical (unpaired) electrons. The van der Waals surface area contributed by atoms with Crippen LogP contribution in [0.15, 0.2) is 197 Å². The third-order valence-electron chi connectivity index (χ3n) is 20.5. The van der Waals surface area contributed by atoms with Gasteiger partial charge in [-0.15, -0.1) is 0 Å². The summed E-state index contributed by atoms with van der Waals surface area (Å²) in [5, 5.41) is 29.3. The molecule has 4 saturated heterocycles. The second-order valence-electron chi connectivity index (χ2n) is 27.0. The van der Waals surface area contributed by atoms with Gasteiger partial charge in [-0.05, 0) is 103 Å². The number of imidazole rings is 4. The molecule has 24 nitrogen and oxygen atoms in total. The minimum absolute atomic E-state index is 0.0238. The normalized spacial score (nSPS) is 14.5. The number of hydrogen-bond donors (Lipinski definition) is 3. The van der Waals surface area contributed by atoms with Gasteiger partial charge in [0.1, 0.15) is 69.2 Å². The van der Waals surface area contributed by atoms with Gasteiger partial charge in [0.25, 0.3) is 0 Å². The lowest BCUT2D eigenvalue weighted by molar-refractivity contribution is -0.127. The lowest BCUT2D eigenvalue weighted by atomic mass is 9.97. The van der Waals surface area contributed by atoms with E-state index in [1.807, 2.05) is 53.7 Å². The van der Waals surface area contributed by atoms with Crippen molar-refractivity contribution < 1.29 is 47.0 Å². The van der Waals surface area contributed by atoms with Gasteiger partial charge in [0.2, 0.25) is 23.6 Å². The largest absolute Gasteiger partial charge is 0.508 e. The fraction of sp³-hybridized carbons (Fsp3) is 0.207. The lowest BCUT2D eigenvalue weighted by Crippen LogP contribution is -2.48. The number of phenolic OH excluding ortho intramolecular Hbond substituents is 2. The summed E-state index contributed by atoms with van der Waals surface area (Å²) in [5.74, 6) is 0.195. The number of nitrogens with one attached hydrogen (secondary N) is 1. The van der Waals surface area contributed by atoms with Gasteiger partial charge < -0.3 is 49.4 Å². The Morgan fingerprint density at radius 3 is 1.27 bits per heavy atom. The standard InChI is InChI=1S/C22H21ClN6O.C20H17ClF2N4O2.C20H18ClFN4O2.C20H18ClFN4O/c1-3-21(30)28-8-6-27(7-9-28)20-12-24-19-10-15(17(23)13-29(19)20)22-14(2)4-5-18-16(22)11-25-26-18;1-2-16(29)26-8-6-25(7-9-26)15-10-24-20-19(23)17(12(21)11-27(15)20)18-13(22)4-3-5-14(18)28;1-2-20(28)25-7-5-24(6-8-25)19-11-23-18-10-14(16(21)12-26(18)19)15-9-13(27)3-4-17(15)22;1-2-20(27)25-9-7-24(8-10-25)19-12-23-18-11-15(16(21)13-26(18)19)14-5-3-4-6-17(14)22/h3-5,10-13H,1,6-9H2,2H3,(H,25,26);2-5,10-11,28H,1,6-9H2;2-4,9-12,27H,1,5-8H2;2-6,11-13H,1,7-10H2. The summed E-state index contributed by atoms with van der Waals surface area (Å²) in [7, 11) is 0. The Bertz CT molecular complexity index is 5910. The van der Waals surface area contributed by atoms with Crippen LogP contribution in [-0.4, -0.2) is 206 Å². The molecule has 3 N–H and O–H groups in total. The molecule has 0 aliphatic carbocycles. The molecule has 0 unspecified atom stereocenters. The van der Waals surface area contributed by atoms with E-state index in [9.17, 15) is 42.6 Å². The second kappa shape index (κ2) is 33.5. The number of nitrogens with zero attached hydrogens (tertiary/aromatic N) is 17. The average molecular weight is 1630 g/mol. The molecule has 13 heterocycles. The molecule has 4 amide bonds. The predicted octanol–water partition coefficient (Wildman–Crippen LogP) is 14.1. The molecule has 4 aliphatic heterocycles. The first-order chi connectivity index (χ1) is 55.0. The quantitative estimate of drug-likeness (QED) is 0.0762. The van der Waals surface area contributed by atoms with Crippen LogP contribution < -0.4 is 19.6 Å². The highest BCUT2D eigenvalue weighted by molar-refractivity contribution is 6.35. The average Bonchev–Trinajstić information content (AvgIpc) is 1.57. The first-order valence-electron chi connectivity index (χ1n) is 36.2. The highest BCUT2D eigenvalue weighted by atomic mass is 35.5. The lowest BCUT2D eigenvalue weighted by Gasteiger charge is -2.35. The van der Waals surface area contributed by atoms with Crippen molar-refractivity contribution in [2.45, 2.75) is 6.92 Å². The van der Waals surface area contributed by atoms with E-state index in [2.05, 4.69) is 84.1 Å². The van der Waals surface area contributed by atoms with Crippen LogP contribution in [0.25, 0.3) is 78.0 Å². The number of aromatic hydroxyl groups is 2. The zero-order chi connectivity index (χ0) is 80.3. The van der Waals surface area contributed by atoms with Crippen LogP contribution in [0.4, 0.5) is 40.8 Å². The van der Waals surface area contributed by atoms with Crippen LogP contribution >= 0.6 is 46.4 Å². The highest BCUT2D eigenvalue weighted by Crippen LogP contribution is 2.42. The molecule has 0 spiro atoms. The fourth-order valence-electron chi connectivity index (χ4n) is 14.5. The van der Waals surface area contributed by atoms with Crippen molar-refractivity contribution in [1.29, 1.82) is 0 Å². The van der Waals surface area contributed by atoms with Crippen molar-refractivity contribution in [3.8, 4) is 56.0 Å². The number of rotatable bonds is 12. The molecule has 4 aliphatic rings. The maximum Gasteiger partial charge on any atom is 0.246 e. The number of halogens is 8. The Morgan fingerprint density at radius 2 is 0.816 bits per heavy atom. The van der Waals surface area contributed by atoms with E-state index >= 15 is 4.39 Å². The molecule has 17 rings (SSSR count). The summed E-state index contributed by atoms with van der Waals surface area (Å²) < 4.78 is 65.1. The predicted molar refractivity (Wildman–Crippen MR) is 436 cm³/mol. The molecule has 584 valence electrons. The minimum atomic E-state index is -0.829. The van der Waals surface area contributed by atoms with Crippen LogP contribution in [0, 0.1) is 30.2 Å². The molecule has 13 aromatic rings. The van der Waals surface area contributed by atoms with Gasteiger partial charge in [-0.1, -0.05) is 103 Å². The topological polar surface area (TPSA) is 233 Å². The molecule has 0 bridgehead atoms. The van der Waals surface area contributed by atoms with E-state index in [1.54, 1.807) is 69.8 Å². The van der Waals surface area contributed by atoms with Crippen LogP contribution in [0.5, 0.6) is 11.5 Å². The van der Waals surface area contributed by atoms with Crippen molar-refractivity contribution in [2.24, 2.45) is 0 Å². The number of amides is 4. The number of anilines is 4. The third-order valence-corrected chi connectivity index (χ3v) is 21.7. The van der Waals surface area contributed by atoms with Gasteiger partial charge in [-0.25, -0.2) is 37.5 Å². The number of pyridine rings is 4. The van der Waals surface area contributed by atoms with E-state index in [4.69, 9.17) is 46.4 Å². The molecule has 4 aromatic carbocycles. The maximum atomic E-state index is 15.2. The van der Waals surface area contributed by atoms with Gasteiger partial charge in [-0.3, -0.25) is 41.9 Å². The molecule has 32 heteroatoms. The summed E-state index contributed by atoms with van der Waals surface area (Å²) in [6.07, 6.45) is 20.9. The number of phenols is 2. The fourth-order valence-corrected chi connectivity index (χ4v) is 15.6. The number of carbonyl (C=O) groups excluding carboxylic acids is 4. The number of aromatic nitrogens is 10. The van der Waals surface area contributed by atoms with Gasteiger partial charge in [0.15, 0.2) is 11.5 Å². The SMILES string of the molecule is C=CC(=O)N1CCN(c2cnc3c(F)c(-c4c(O)cccc4F)c(Cl)cn23)CC1.C=CC(=O)N1CCN(c2cnc3cc(-c4c(C)ccc5[nH]ncc45)c(Cl)cn23)CC1.C=CC(=O)N1CCN(c2cnc3cc(-c4cc(O)ccc4F)c(Cl)cn23)CC1.C=CC(=O)N1CCN(c2cnc3cc(-c4ccccc4F)c(Cl)cn23)CC1. The number of fused-ring (bicyclic) bond motifs is 5. The Morgan fingerprint density at radius 1 is 0.412 bits per heavy atom. The Balaban J connectivity index is 0.000000126. The van der Waals surface area contributed by atoms with E-state index in [-0.39, 0.29) is 62.6 Å². The molecule has 9 aromatic heterocycles. The van der Waals surface area contributed by atoms with Gasteiger partial charge >= 0.3 is 0 Å². The van der Waals surface area contributed by atoms with Gasteiger partial charge in [0.05, 0.1) is 62.2 Å². The first-order valence-corrected chi connectivity index (χ1v) is 37.7. The van der Waals surface area contributed by atoms with Gasteiger partial charge in [0, 0.05) is 168 Å². The van der Waals surface area contributed by atoms with Crippen LogP contribution in [-0.2, 0) is 19.2 Å². The zero-order valence-electron chi connectivity index (χ0n) is 61.5. The molecule has 0 saturated carbocycles. The zero-order valence-corrected chi connectivity index (χ0v) is 64.5. The van der Waals surface area contributed by atoms with Crippen molar-refractivity contribution >= 4 is 127 Å². The number of aromatic amines is 1. The van der Waals surface area contributed by atoms with E-state index in [0.717, 1.165) is 69.8 Å². The molecular weight excluding hydrogens is 1550 g/mol. The van der Waals surface area contributed by atoms with E-state index in [1.165, 1.54) is 77.5 Å². The number of carbonyl (C=O) groups is 4. The van der Waals surface area contributed by atoms with E-state index in [0.29, 0.717) is 140 Å².